The van der Waals surface area contributed by atoms with Crippen molar-refractivity contribution in [2.45, 2.75) is 13.8 Å². The molecule has 0 aliphatic heterocycles. The molecule has 0 amide bonds. The van der Waals surface area contributed by atoms with Crippen LogP contribution in [0, 0.1) is 12.7 Å². The fourth-order valence-corrected chi connectivity index (χ4v) is 2.85. The number of pyridine rings is 2. The largest absolute Gasteiger partial charge is 0.462 e. The number of aromatic nitrogens is 2. The van der Waals surface area contributed by atoms with E-state index in [0.29, 0.717) is 26.9 Å². The SMILES string of the molecule is CCOC(=O)c1cnc2nc(C)ccc2c1Nc1ccc(F)cc1Br. The van der Waals surface area contributed by atoms with Gasteiger partial charge in [0.25, 0.3) is 0 Å². The topological polar surface area (TPSA) is 64.1 Å². The second-order valence-corrected chi connectivity index (χ2v) is 6.19. The maximum Gasteiger partial charge on any atom is 0.341 e. The number of carbonyl (C=O) groups excluding carboxylic acids is 1. The van der Waals surface area contributed by atoms with E-state index in [1.165, 1.54) is 18.3 Å². The molecule has 0 fully saturated rings. The van der Waals surface area contributed by atoms with Gasteiger partial charge in [-0.25, -0.2) is 19.2 Å². The molecule has 3 rings (SSSR count). The molecule has 7 heteroatoms. The van der Waals surface area contributed by atoms with Crippen LogP contribution in [0.4, 0.5) is 15.8 Å². The number of carbonyl (C=O) groups is 1. The lowest BCUT2D eigenvalue weighted by atomic mass is 10.1. The smallest absolute Gasteiger partial charge is 0.341 e. The molecule has 3 aromatic rings. The highest BCUT2D eigenvalue weighted by molar-refractivity contribution is 9.10. The first kappa shape index (κ1) is 17.3. The Morgan fingerprint density at radius 1 is 1.32 bits per heavy atom. The molecule has 0 radical (unpaired) electrons. The summed E-state index contributed by atoms with van der Waals surface area (Å²) in [7, 11) is 0. The molecule has 1 N–H and O–H groups in total. The van der Waals surface area contributed by atoms with Gasteiger partial charge in [-0.1, -0.05) is 0 Å². The summed E-state index contributed by atoms with van der Waals surface area (Å²) in [6.07, 6.45) is 1.44. The number of hydrogen-bond acceptors (Lipinski definition) is 5. The van der Waals surface area contributed by atoms with Crippen LogP contribution in [-0.4, -0.2) is 22.5 Å². The van der Waals surface area contributed by atoms with E-state index in [1.54, 1.807) is 13.0 Å². The minimum atomic E-state index is -0.488. The van der Waals surface area contributed by atoms with Gasteiger partial charge in [0, 0.05) is 21.7 Å². The predicted octanol–water partition coefficient (Wildman–Crippen LogP) is 4.76. The van der Waals surface area contributed by atoms with Crippen LogP contribution in [0.5, 0.6) is 0 Å². The fraction of sp³-hybridized carbons (Fsp3) is 0.167. The highest BCUT2D eigenvalue weighted by atomic mass is 79.9. The molecular weight excluding hydrogens is 389 g/mol. The second-order valence-electron chi connectivity index (χ2n) is 5.34. The molecule has 0 aliphatic rings. The standard InChI is InChI=1S/C18H15BrFN3O2/c1-3-25-18(24)13-9-21-17-12(6-4-10(2)22-17)16(13)23-15-7-5-11(20)8-14(15)19/h4-9H,3H2,1-2H3,(H,21,22,23). The van der Waals surface area contributed by atoms with Crippen molar-refractivity contribution in [3.63, 3.8) is 0 Å². The number of hydrogen-bond donors (Lipinski definition) is 1. The molecule has 128 valence electrons. The summed E-state index contributed by atoms with van der Waals surface area (Å²) >= 11 is 3.32. The number of nitrogens with one attached hydrogen (secondary N) is 1. The number of benzene rings is 1. The number of fused-ring (bicyclic) bond motifs is 1. The molecule has 25 heavy (non-hydrogen) atoms. The Balaban J connectivity index is 2.17. The van der Waals surface area contributed by atoms with Crippen molar-refractivity contribution in [1.29, 1.82) is 0 Å². The summed E-state index contributed by atoms with van der Waals surface area (Å²) in [4.78, 5) is 21.0. The zero-order chi connectivity index (χ0) is 18.0. The van der Waals surface area contributed by atoms with E-state index < -0.39 is 5.97 Å². The minimum absolute atomic E-state index is 0.253. The number of rotatable bonds is 4. The van der Waals surface area contributed by atoms with Crippen molar-refractivity contribution in [2.24, 2.45) is 0 Å². The number of aryl methyl sites for hydroxylation is 1. The third kappa shape index (κ3) is 3.61. The summed E-state index contributed by atoms with van der Waals surface area (Å²) in [5.41, 5.74) is 2.74. The molecule has 5 nitrogen and oxygen atoms in total. The molecule has 0 bridgehead atoms. The third-order valence-electron chi connectivity index (χ3n) is 3.56. The first-order valence-electron chi connectivity index (χ1n) is 7.65. The molecule has 2 aromatic heterocycles. The maximum absolute atomic E-state index is 13.3. The van der Waals surface area contributed by atoms with Gasteiger partial charge >= 0.3 is 5.97 Å². The zero-order valence-corrected chi connectivity index (χ0v) is 15.2. The Morgan fingerprint density at radius 2 is 2.12 bits per heavy atom. The van der Waals surface area contributed by atoms with Crippen molar-refractivity contribution in [3.05, 3.63) is 58.1 Å². The molecular formula is C18H15BrFN3O2. The molecule has 0 saturated heterocycles. The fourth-order valence-electron chi connectivity index (χ4n) is 2.40. The number of nitrogens with zero attached hydrogens (tertiary/aromatic N) is 2. The Labute approximate surface area is 152 Å². The first-order chi connectivity index (χ1) is 12.0. The van der Waals surface area contributed by atoms with Crippen molar-refractivity contribution in [2.75, 3.05) is 11.9 Å². The number of anilines is 2. The lowest BCUT2D eigenvalue weighted by molar-refractivity contribution is 0.0527. The molecule has 1 aromatic carbocycles. The van der Waals surface area contributed by atoms with Gasteiger partial charge in [-0.15, -0.1) is 0 Å². The normalized spacial score (nSPS) is 10.7. The van der Waals surface area contributed by atoms with E-state index >= 15 is 0 Å². The average molecular weight is 404 g/mol. The van der Waals surface area contributed by atoms with Gasteiger partial charge in [-0.05, 0) is 60.1 Å². The van der Waals surface area contributed by atoms with Gasteiger partial charge < -0.3 is 10.1 Å². The van der Waals surface area contributed by atoms with Crippen LogP contribution in [0.15, 0.2) is 41.0 Å². The number of halogens is 2. The van der Waals surface area contributed by atoms with Crippen LogP contribution in [0.3, 0.4) is 0 Å². The number of esters is 1. The van der Waals surface area contributed by atoms with Gasteiger partial charge in [0.1, 0.15) is 11.4 Å². The van der Waals surface area contributed by atoms with Crippen LogP contribution < -0.4 is 5.32 Å². The van der Waals surface area contributed by atoms with E-state index in [9.17, 15) is 9.18 Å². The van der Waals surface area contributed by atoms with Gasteiger partial charge in [0.2, 0.25) is 0 Å². The lowest BCUT2D eigenvalue weighted by Gasteiger charge is -2.15. The highest BCUT2D eigenvalue weighted by Crippen LogP contribution is 2.32. The Bertz CT molecular complexity index is 962. The summed E-state index contributed by atoms with van der Waals surface area (Å²) < 4.78 is 19.0. The molecule has 0 atom stereocenters. The monoisotopic (exact) mass is 403 g/mol. The quantitative estimate of drug-likeness (QED) is 0.636. The summed E-state index contributed by atoms with van der Waals surface area (Å²) in [6, 6.07) is 7.94. The Morgan fingerprint density at radius 3 is 2.84 bits per heavy atom. The van der Waals surface area contributed by atoms with Crippen LogP contribution in [0.1, 0.15) is 23.0 Å². The van der Waals surface area contributed by atoms with E-state index in [4.69, 9.17) is 4.74 Å². The highest BCUT2D eigenvalue weighted by Gasteiger charge is 2.18. The zero-order valence-electron chi connectivity index (χ0n) is 13.6. The van der Waals surface area contributed by atoms with Crippen molar-refractivity contribution < 1.29 is 13.9 Å². The van der Waals surface area contributed by atoms with Crippen LogP contribution in [0.2, 0.25) is 0 Å². The van der Waals surface area contributed by atoms with E-state index in [2.05, 4.69) is 31.2 Å². The summed E-state index contributed by atoms with van der Waals surface area (Å²) in [6.45, 7) is 3.85. The second kappa shape index (κ2) is 7.14. The third-order valence-corrected chi connectivity index (χ3v) is 4.21. The lowest BCUT2D eigenvalue weighted by Crippen LogP contribution is -2.10. The molecule has 0 aliphatic carbocycles. The minimum Gasteiger partial charge on any atom is -0.462 e. The maximum atomic E-state index is 13.3. The average Bonchev–Trinajstić information content (AvgIpc) is 2.57. The van der Waals surface area contributed by atoms with Crippen LogP contribution in [0.25, 0.3) is 11.0 Å². The van der Waals surface area contributed by atoms with E-state index in [0.717, 1.165) is 5.69 Å². The van der Waals surface area contributed by atoms with Gasteiger partial charge in [0.05, 0.1) is 18.0 Å². The summed E-state index contributed by atoms with van der Waals surface area (Å²) in [5.74, 6) is -0.849. The Kier molecular flexibility index (Phi) is 4.94. The van der Waals surface area contributed by atoms with Crippen molar-refractivity contribution in [1.82, 2.24) is 9.97 Å². The molecule has 2 heterocycles. The predicted molar refractivity (Wildman–Crippen MR) is 97.6 cm³/mol. The van der Waals surface area contributed by atoms with Gasteiger partial charge in [-0.3, -0.25) is 0 Å². The van der Waals surface area contributed by atoms with Crippen molar-refractivity contribution in [3.8, 4) is 0 Å². The molecule has 0 saturated carbocycles. The number of ether oxygens (including phenoxy) is 1. The van der Waals surface area contributed by atoms with Crippen molar-refractivity contribution >= 4 is 44.3 Å². The van der Waals surface area contributed by atoms with Crippen LogP contribution >= 0.6 is 15.9 Å². The summed E-state index contributed by atoms with van der Waals surface area (Å²) in [5, 5.41) is 3.85. The van der Waals surface area contributed by atoms with E-state index in [-0.39, 0.29) is 18.0 Å². The van der Waals surface area contributed by atoms with E-state index in [1.807, 2.05) is 19.1 Å². The van der Waals surface area contributed by atoms with Gasteiger partial charge in [0.15, 0.2) is 5.65 Å². The van der Waals surface area contributed by atoms with Crippen LogP contribution in [-0.2, 0) is 4.74 Å². The molecule has 0 spiro atoms. The Hall–Kier alpha value is -2.54. The molecule has 0 unspecified atom stereocenters. The first-order valence-corrected chi connectivity index (χ1v) is 8.44. The van der Waals surface area contributed by atoms with Gasteiger partial charge in [-0.2, -0.15) is 0 Å².